The molecule has 0 aliphatic heterocycles. The Labute approximate surface area is 116 Å². The number of thiophene rings is 1. The summed E-state index contributed by atoms with van der Waals surface area (Å²) in [5.74, 6) is 0. The molecule has 2 heterocycles. The molecule has 0 aromatic carbocycles. The number of rotatable bonds is 6. The minimum Gasteiger partial charge on any atom is -0.308 e. The Morgan fingerprint density at radius 1 is 1.47 bits per heavy atom. The van der Waals surface area contributed by atoms with E-state index in [2.05, 4.69) is 29.8 Å². The molecule has 1 aliphatic rings. The number of imidazole rings is 1. The highest BCUT2D eigenvalue weighted by molar-refractivity contribution is 7.10. The Bertz CT molecular complexity index is 580. The molecule has 4 nitrogen and oxygen atoms in total. The van der Waals surface area contributed by atoms with Crippen LogP contribution in [0, 0.1) is 0 Å². The number of nitrogens with zero attached hydrogens (tertiary/aromatic N) is 2. The normalized spacial score (nSPS) is 16.7. The number of nitrogens with one attached hydrogen (secondary N) is 1. The third kappa shape index (κ3) is 2.82. The average molecular weight is 277 g/mol. The summed E-state index contributed by atoms with van der Waals surface area (Å²) in [6.45, 7) is 3.70. The van der Waals surface area contributed by atoms with Gasteiger partial charge in [0, 0.05) is 42.4 Å². The highest BCUT2D eigenvalue weighted by atomic mass is 32.1. The molecule has 2 aromatic rings. The molecular formula is C14H19N3OS. The lowest BCUT2D eigenvalue weighted by Gasteiger charge is -2.11. The van der Waals surface area contributed by atoms with Crippen LogP contribution in [0.4, 0.5) is 0 Å². The van der Waals surface area contributed by atoms with Gasteiger partial charge in [-0.05, 0) is 31.2 Å². The third-order valence-electron chi connectivity index (χ3n) is 3.59. The van der Waals surface area contributed by atoms with Crippen LogP contribution in [-0.2, 0) is 6.54 Å². The van der Waals surface area contributed by atoms with Crippen molar-refractivity contribution >= 4 is 11.3 Å². The van der Waals surface area contributed by atoms with Crippen molar-refractivity contribution in [2.24, 2.45) is 0 Å². The van der Waals surface area contributed by atoms with Gasteiger partial charge in [-0.3, -0.25) is 9.13 Å². The van der Waals surface area contributed by atoms with Crippen molar-refractivity contribution in [3.8, 4) is 0 Å². The number of aromatic nitrogens is 2. The van der Waals surface area contributed by atoms with Crippen molar-refractivity contribution < 1.29 is 0 Å². The van der Waals surface area contributed by atoms with E-state index >= 15 is 0 Å². The van der Waals surface area contributed by atoms with E-state index in [1.807, 2.05) is 17.0 Å². The predicted octanol–water partition coefficient (Wildman–Crippen LogP) is 2.40. The van der Waals surface area contributed by atoms with Crippen molar-refractivity contribution in [3.63, 3.8) is 0 Å². The van der Waals surface area contributed by atoms with E-state index < -0.39 is 0 Å². The minimum atomic E-state index is 0.132. The summed E-state index contributed by atoms with van der Waals surface area (Å²) >= 11 is 1.76. The van der Waals surface area contributed by atoms with Crippen LogP contribution in [-0.4, -0.2) is 15.7 Å². The molecule has 1 fully saturated rings. The van der Waals surface area contributed by atoms with E-state index in [0.717, 1.165) is 25.9 Å². The second kappa shape index (κ2) is 5.35. The minimum absolute atomic E-state index is 0.132. The third-order valence-corrected chi connectivity index (χ3v) is 4.64. The summed E-state index contributed by atoms with van der Waals surface area (Å²) in [5.41, 5.74) is 0.132. The first kappa shape index (κ1) is 12.7. The summed E-state index contributed by atoms with van der Waals surface area (Å²) in [6.07, 6.45) is 6.12. The topological polar surface area (TPSA) is 39.0 Å². The van der Waals surface area contributed by atoms with Gasteiger partial charge < -0.3 is 5.32 Å². The monoisotopic (exact) mass is 277 g/mol. The van der Waals surface area contributed by atoms with Gasteiger partial charge in [-0.2, -0.15) is 0 Å². The standard InChI is InChI=1S/C14H19N3OS/c1-11(13-3-2-10-19-13)15-6-7-16-8-9-17(14(16)18)12-4-5-12/h2-3,8-12,15H,4-7H2,1H3. The van der Waals surface area contributed by atoms with Crippen molar-refractivity contribution in [2.75, 3.05) is 6.54 Å². The molecule has 2 aromatic heterocycles. The Morgan fingerprint density at radius 2 is 2.32 bits per heavy atom. The lowest BCUT2D eigenvalue weighted by atomic mass is 10.3. The van der Waals surface area contributed by atoms with Crippen LogP contribution >= 0.6 is 11.3 Å². The van der Waals surface area contributed by atoms with Crippen molar-refractivity contribution in [3.05, 3.63) is 45.3 Å². The van der Waals surface area contributed by atoms with Crippen LogP contribution in [0.25, 0.3) is 0 Å². The summed E-state index contributed by atoms with van der Waals surface area (Å²) in [4.78, 5) is 13.4. The largest absolute Gasteiger partial charge is 0.328 e. The highest BCUT2D eigenvalue weighted by Gasteiger charge is 2.25. The molecule has 1 aliphatic carbocycles. The zero-order chi connectivity index (χ0) is 13.2. The molecule has 0 spiro atoms. The molecule has 0 saturated heterocycles. The van der Waals surface area contributed by atoms with Crippen molar-refractivity contribution in [1.82, 2.24) is 14.5 Å². The maximum absolute atomic E-state index is 12.1. The van der Waals surface area contributed by atoms with E-state index in [0.29, 0.717) is 12.1 Å². The second-order valence-electron chi connectivity index (χ2n) is 5.10. The molecule has 0 amide bonds. The molecule has 5 heteroatoms. The first-order valence-corrected chi connectivity index (χ1v) is 7.68. The zero-order valence-corrected chi connectivity index (χ0v) is 11.9. The molecule has 0 radical (unpaired) electrons. The maximum atomic E-state index is 12.1. The van der Waals surface area contributed by atoms with Crippen LogP contribution in [0.15, 0.2) is 34.7 Å². The van der Waals surface area contributed by atoms with Gasteiger partial charge >= 0.3 is 5.69 Å². The number of hydrogen-bond donors (Lipinski definition) is 1. The van der Waals surface area contributed by atoms with Gasteiger partial charge in [-0.1, -0.05) is 6.07 Å². The fourth-order valence-electron chi connectivity index (χ4n) is 2.27. The second-order valence-corrected chi connectivity index (χ2v) is 6.08. The van der Waals surface area contributed by atoms with E-state index in [4.69, 9.17) is 0 Å². The van der Waals surface area contributed by atoms with Crippen LogP contribution in [0.5, 0.6) is 0 Å². The zero-order valence-electron chi connectivity index (χ0n) is 11.1. The number of hydrogen-bond acceptors (Lipinski definition) is 3. The highest BCUT2D eigenvalue weighted by Crippen LogP contribution is 2.33. The summed E-state index contributed by atoms with van der Waals surface area (Å²) in [5, 5.41) is 5.55. The van der Waals surface area contributed by atoms with Gasteiger partial charge in [0.25, 0.3) is 0 Å². The van der Waals surface area contributed by atoms with E-state index in [9.17, 15) is 4.79 Å². The summed E-state index contributed by atoms with van der Waals surface area (Å²) in [7, 11) is 0. The van der Waals surface area contributed by atoms with Crippen molar-refractivity contribution in [1.29, 1.82) is 0 Å². The molecule has 1 N–H and O–H groups in total. The van der Waals surface area contributed by atoms with Gasteiger partial charge in [0.2, 0.25) is 0 Å². The molecular weight excluding hydrogens is 258 g/mol. The Kier molecular flexibility index (Phi) is 3.57. The lowest BCUT2D eigenvalue weighted by molar-refractivity contribution is 0.522. The smallest absolute Gasteiger partial charge is 0.308 e. The molecule has 19 heavy (non-hydrogen) atoms. The van der Waals surface area contributed by atoms with Gasteiger partial charge in [0.1, 0.15) is 0 Å². The molecule has 1 saturated carbocycles. The summed E-state index contributed by atoms with van der Waals surface area (Å²) < 4.78 is 3.66. The Hall–Kier alpha value is -1.33. The van der Waals surface area contributed by atoms with Gasteiger partial charge in [0.15, 0.2) is 0 Å². The quantitative estimate of drug-likeness (QED) is 0.880. The summed E-state index contributed by atoms with van der Waals surface area (Å²) in [6, 6.07) is 5.02. The Balaban J connectivity index is 1.53. The fourth-order valence-corrected chi connectivity index (χ4v) is 3.03. The first-order chi connectivity index (χ1) is 9.25. The van der Waals surface area contributed by atoms with Crippen LogP contribution in [0.3, 0.4) is 0 Å². The molecule has 3 rings (SSSR count). The lowest BCUT2D eigenvalue weighted by Crippen LogP contribution is -2.29. The van der Waals surface area contributed by atoms with Crippen LogP contribution in [0.2, 0.25) is 0 Å². The average Bonchev–Trinajstić information content (AvgIpc) is 2.97. The molecule has 0 bridgehead atoms. The molecule has 1 unspecified atom stereocenters. The Morgan fingerprint density at radius 3 is 3.00 bits per heavy atom. The van der Waals surface area contributed by atoms with Crippen LogP contribution in [0.1, 0.15) is 36.7 Å². The van der Waals surface area contributed by atoms with E-state index in [-0.39, 0.29) is 5.69 Å². The predicted molar refractivity (Wildman–Crippen MR) is 77.7 cm³/mol. The van der Waals surface area contributed by atoms with Gasteiger partial charge in [0.05, 0.1) is 0 Å². The van der Waals surface area contributed by atoms with Gasteiger partial charge in [-0.25, -0.2) is 4.79 Å². The fraction of sp³-hybridized carbons (Fsp3) is 0.500. The maximum Gasteiger partial charge on any atom is 0.328 e. The van der Waals surface area contributed by atoms with E-state index in [1.54, 1.807) is 15.9 Å². The van der Waals surface area contributed by atoms with E-state index in [1.165, 1.54) is 4.88 Å². The van der Waals surface area contributed by atoms with Crippen molar-refractivity contribution in [2.45, 2.75) is 38.4 Å². The molecule has 1 atom stereocenters. The first-order valence-electron chi connectivity index (χ1n) is 6.80. The van der Waals surface area contributed by atoms with Crippen LogP contribution < -0.4 is 11.0 Å². The van der Waals surface area contributed by atoms with Gasteiger partial charge in [-0.15, -0.1) is 11.3 Å². The SMILES string of the molecule is CC(NCCn1ccn(C2CC2)c1=O)c1cccs1. The molecule has 102 valence electrons.